The summed E-state index contributed by atoms with van der Waals surface area (Å²) in [5.74, 6) is -0.756. The number of carbonyl (C=O) groups is 1. The van der Waals surface area contributed by atoms with Crippen molar-refractivity contribution in [3.8, 4) is 0 Å². The lowest BCUT2D eigenvalue weighted by Gasteiger charge is -2.37. The monoisotopic (exact) mass is 262 g/mol. The maximum absolute atomic E-state index is 11.6. The lowest BCUT2D eigenvalue weighted by atomic mass is 10.0. The summed E-state index contributed by atoms with van der Waals surface area (Å²) in [5.41, 5.74) is 2.03. The fourth-order valence-corrected chi connectivity index (χ4v) is 2.60. The molecule has 1 aliphatic heterocycles. The van der Waals surface area contributed by atoms with E-state index in [9.17, 15) is 9.90 Å². The third kappa shape index (κ3) is 3.33. The van der Waals surface area contributed by atoms with Crippen LogP contribution in [0.5, 0.6) is 0 Å². The summed E-state index contributed by atoms with van der Waals surface area (Å²) < 4.78 is 0. The van der Waals surface area contributed by atoms with Crippen molar-refractivity contribution in [3.05, 3.63) is 35.4 Å². The third-order valence-electron chi connectivity index (χ3n) is 3.85. The van der Waals surface area contributed by atoms with E-state index in [0.717, 1.165) is 43.9 Å². The summed E-state index contributed by atoms with van der Waals surface area (Å²) in [6.07, 6.45) is 0. The summed E-state index contributed by atoms with van der Waals surface area (Å²) in [4.78, 5) is 16.0. The smallest absolute Gasteiger partial charge is 0.325 e. The van der Waals surface area contributed by atoms with Gasteiger partial charge >= 0.3 is 5.97 Å². The standard InChI is InChI=1S/C15H22N2O2/c1-3-16-8-10-17(11-9-16)14(15(18)19)13-6-4-12(2)5-7-13/h4-7,14H,3,8-11H2,1-2H3,(H,18,19). The van der Waals surface area contributed by atoms with Crippen LogP contribution in [0, 0.1) is 6.92 Å². The van der Waals surface area contributed by atoms with Gasteiger partial charge in [-0.15, -0.1) is 0 Å². The van der Waals surface area contributed by atoms with Gasteiger partial charge in [0.2, 0.25) is 0 Å². The highest BCUT2D eigenvalue weighted by molar-refractivity contribution is 5.75. The Bertz CT molecular complexity index is 422. The molecule has 0 saturated carbocycles. The molecule has 0 aliphatic carbocycles. The van der Waals surface area contributed by atoms with Crippen LogP contribution in [0.1, 0.15) is 24.1 Å². The molecular weight excluding hydrogens is 240 g/mol. The van der Waals surface area contributed by atoms with Gasteiger partial charge in [-0.1, -0.05) is 36.8 Å². The summed E-state index contributed by atoms with van der Waals surface area (Å²) >= 11 is 0. The first-order chi connectivity index (χ1) is 9.11. The number of aliphatic carboxylic acids is 1. The van der Waals surface area contributed by atoms with E-state index in [0.29, 0.717) is 0 Å². The van der Waals surface area contributed by atoms with E-state index in [2.05, 4.69) is 16.7 Å². The highest BCUT2D eigenvalue weighted by Crippen LogP contribution is 2.23. The molecule has 1 N–H and O–H groups in total. The number of benzene rings is 1. The fourth-order valence-electron chi connectivity index (χ4n) is 2.60. The molecule has 2 rings (SSSR count). The lowest BCUT2D eigenvalue weighted by Crippen LogP contribution is -2.49. The quantitative estimate of drug-likeness (QED) is 0.898. The summed E-state index contributed by atoms with van der Waals surface area (Å²) in [6, 6.07) is 7.31. The Hall–Kier alpha value is -1.39. The first kappa shape index (κ1) is 14.0. The van der Waals surface area contributed by atoms with Gasteiger partial charge in [0.25, 0.3) is 0 Å². The Morgan fingerprint density at radius 3 is 2.26 bits per heavy atom. The van der Waals surface area contributed by atoms with Gasteiger partial charge in [-0.25, -0.2) is 0 Å². The number of hydrogen-bond acceptors (Lipinski definition) is 3. The van der Waals surface area contributed by atoms with Gasteiger partial charge in [-0.2, -0.15) is 0 Å². The van der Waals surface area contributed by atoms with Crippen LogP contribution in [0.3, 0.4) is 0 Å². The van der Waals surface area contributed by atoms with Gasteiger partial charge < -0.3 is 10.0 Å². The molecule has 1 saturated heterocycles. The maximum atomic E-state index is 11.6. The van der Waals surface area contributed by atoms with Gasteiger partial charge in [-0.05, 0) is 19.0 Å². The number of carboxylic acid groups (broad SMARTS) is 1. The summed E-state index contributed by atoms with van der Waals surface area (Å²) in [6.45, 7) is 8.73. The van der Waals surface area contributed by atoms with Crippen LogP contribution < -0.4 is 0 Å². The minimum Gasteiger partial charge on any atom is -0.480 e. The van der Waals surface area contributed by atoms with Crippen LogP contribution in [0.4, 0.5) is 0 Å². The predicted octanol–water partition coefficient (Wildman–Crippen LogP) is 1.76. The number of nitrogens with zero attached hydrogens (tertiary/aromatic N) is 2. The SMILES string of the molecule is CCN1CCN(C(C(=O)O)c2ccc(C)cc2)CC1. The third-order valence-corrected chi connectivity index (χ3v) is 3.85. The van der Waals surface area contributed by atoms with E-state index in [1.165, 1.54) is 0 Å². The molecule has 1 fully saturated rings. The van der Waals surface area contributed by atoms with Gasteiger partial charge in [-0.3, -0.25) is 9.69 Å². The van der Waals surface area contributed by atoms with Crippen LogP contribution in [-0.2, 0) is 4.79 Å². The van der Waals surface area contributed by atoms with Gasteiger partial charge in [0.05, 0.1) is 0 Å². The molecule has 1 heterocycles. The van der Waals surface area contributed by atoms with Crippen molar-refractivity contribution < 1.29 is 9.90 Å². The minimum atomic E-state index is -0.756. The van der Waals surface area contributed by atoms with Crippen LogP contribution in [0.15, 0.2) is 24.3 Å². The Kier molecular flexibility index (Phi) is 4.56. The molecule has 1 aromatic rings. The second-order valence-corrected chi connectivity index (χ2v) is 5.12. The normalized spacial score (nSPS) is 19.3. The molecule has 4 nitrogen and oxygen atoms in total. The van der Waals surface area contributed by atoms with Crippen LogP contribution in [0.25, 0.3) is 0 Å². The molecular formula is C15H22N2O2. The van der Waals surface area contributed by atoms with E-state index in [4.69, 9.17) is 0 Å². The van der Waals surface area contributed by atoms with E-state index < -0.39 is 12.0 Å². The van der Waals surface area contributed by atoms with Gasteiger partial charge in [0, 0.05) is 26.2 Å². The molecule has 19 heavy (non-hydrogen) atoms. The zero-order valence-electron chi connectivity index (χ0n) is 11.7. The maximum Gasteiger partial charge on any atom is 0.325 e. The summed E-state index contributed by atoms with van der Waals surface area (Å²) in [7, 11) is 0. The molecule has 0 amide bonds. The number of rotatable bonds is 4. The van der Waals surface area contributed by atoms with Crippen molar-refractivity contribution in [3.63, 3.8) is 0 Å². The topological polar surface area (TPSA) is 43.8 Å². The van der Waals surface area contributed by atoms with E-state index in [1.54, 1.807) is 0 Å². The molecule has 0 bridgehead atoms. The average Bonchev–Trinajstić information content (AvgIpc) is 2.42. The number of piperazine rings is 1. The lowest BCUT2D eigenvalue weighted by molar-refractivity contribution is -0.144. The molecule has 0 aromatic heterocycles. The predicted molar refractivity (Wildman–Crippen MR) is 75.2 cm³/mol. The van der Waals surface area contributed by atoms with Crippen molar-refractivity contribution >= 4 is 5.97 Å². The average molecular weight is 262 g/mol. The van der Waals surface area contributed by atoms with Crippen molar-refractivity contribution in [2.24, 2.45) is 0 Å². The minimum absolute atomic E-state index is 0.514. The van der Waals surface area contributed by atoms with Gasteiger partial charge in [0.1, 0.15) is 6.04 Å². The molecule has 1 aromatic carbocycles. The molecule has 104 valence electrons. The van der Waals surface area contributed by atoms with Crippen LogP contribution in [0.2, 0.25) is 0 Å². The number of likely N-dealkylation sites (N-methyl/N-ethyl adjacent to an activating group) is 1. The molecule has 1 unspecified atom stereocenters. The van der Waals surface area contributed by atoms with E-state index >= 15 is 0 Å². The van der Waals surface area contributed by atoms with Crippen LogP contribution >= 0.6 is 0 Å². The first-order valence-corrected chi connectivity index (χ1v) is 6.87. The fraction of sp³-hybridized carbons (Fsp3) is 0.533. The molecule has 1 aliphatic rings. The molecule has 0 radical (unpaired) electrons. The Morgan fingerprint density at radius 2 is 1.79 bits per heavy atom. The highest BCUT2D eigenvalue weighted by atomic mass is 16.4. The van der Waals surface area contributed by atoms with Crippen molar-refractivity contribution in [1.29, 1.82) is 0 Å². The number of hydrogen-bond donors (Lipinski definition) is 1. The van der Waals surface area contributed by atoms with E-state index in [-0.39, 0.29) is 0 Å². The Morgan fingerprint density at radius 1 is 1.21 bits per heavy atom. The summed E-state index contributed by atoms with van der Waals surface area (Å²) in [5, 5.41) is 9.52. The number of carboxylic acids is 1. The molecule has 1 atom stereocenters. The zero-order valence-corrected chi connectivity index (χ0v) is 11.7. The number of aryl methyl sites for hydroxylation is 1. The van der Waals surface area contributed by atoms with Crippen molar-refractivity contribution in [2.75, 3.05) is 32.7 Å². The highest BCUT2D eigenvalue weighted by Gasteiger charge is 2.29. The molecule has 4 heteroatoms. The Labute approximate surface area is 114 Å². The van der Waals surface area contributed by atoms with Crippen LogP contribution in [-0.4, -0.2) is 53.6 Å². The molecule has 0 spiro atoms. The largest absolute Gasteiger partial charge is 0.480 e. The second-order valence-electron chi connectivity index (χ2n) is 5.12. The first-order valence-electron chi connectivity index (χ1n) is 6.87. The zero-order chi connectivity index (χ0) is 13.8. The van der Waals surface area contributed by atoms with Crippen molar-refractivity contribution in [1.82, 2.24) is 9.80 Å². The van der Waals surface area contributed by atoms with E-state index in [1.807, 2.05) is 31.2 Å². The Balaban J connectivity index is 2.13. The van der Waals surface area contributed by atoms with Crippen molar-refractivity contribution in [2.45, 2.75) is 19.9 Å². The second kappa shape index (κ2) is 6.17. The van der Waals surface area contributed by atoms with Gasteiger partial charge in [0.15, 0.2) is 0 Å².